The zero-order valence-corrected chi connectivity index (χ0v) is 9.40. The van der Waals surface area contributed by atoms with E-state index in [0.29, 0.717) is 11.7 Å². The molecule has 17 heavy (non-hydrogen) atoms. The minimum atomic E-state index is -2.48. The highest BCUT2D eigenvalue weighted by Crippen LogP contribution is 2.34. The first-order valence-electron chi connectivity index (χ1n) is 5.69. The monoisotopic (exact) mass is 239 g/mol. The average Bonchev–Trinajstić information content (AvgIpc) is 3.12. The predicted molar refractivity (Wildman–Crippen MR) is 61.5 cm³/mol. The summed E-state index contributed by atoms with van der Waals surface area (Å²) in [6, 6.07) is -0.0729. The van der Waals surface area contributed by atoms with Gasteiger partial charge in [-0.05, 0) is 30.9 Å². The first kappa shape index (κ1) is 12.1. The summed E-state index contributed by atoms with van der Waals surface area (Å²) in [7, 11) is 0. The first-order valence-corrected chi connectivity index (χ1v) is 5.69. The van der Waals surface area contributed by atoms with E-state index in [1.165, 1.54) is 0 Å². The van der Waals surface area contributed by atoms with Crippen LogP contribution in [0.1, 0.15) is 12.8 Å². The van der Waals surface area contributed by atoms with Gasteiger partial charge in [-0.1, -0.05) is 17.9 Å². The van der Waals surface area contributed by atoms with Crippen molar-refractivity contribution in [2.45, 2.75) is 25.3 Å². The fraction of sp³-hybridized carbons (Fsp3) is 0.462. The van der Waals surface area contributed by atoms with E-state index in [-0.39, 0.29) is 6.04 Å². The van der Waals surface area contributed by atoms with Gasteiger partial charge in [0.15, 0.2) is 5.76 Å². The van der Waals surface area contributed by atoms with Gasteiger partial charge in [0.1, 0.15) is 6.61 Å². The van der Waals surface area contributed by atoms with Gasteiger partial charge in [-0.3, -0.25) is 0 Å². The standard InChI is InChI=1S/C13H15F2NO/c14-12(15)8-17-11-4-2-1-3-10(7-11)13(16)9-5-6-9/h1-4,9,12-13H,5-6,8,16H2. The highest BCUT2D eigenvalue weighted by Gasteiger charge is 2.30. The molecule has 0 radical (unpaired) electrons. The van der Waals surface area contributed by atoms with E-state index in [1.54, 1.807) is 12.2 Å². The lowest BCUT2D eigenvalue weighted by Gasteiger charge is -2.09. The number of rotatable bonds is 5. The van der Waals surface area contributed by atoms with Crippen molar-refractivity contribution in [1.29, 1.82) is 0 Å². The summed E-state index contributed by atoms with van der Waals surface area (Å²) in [6.45, 7) is -0.612. The Labute approximate surface area is 99.1 Å². The van der Waals surface area contributed by atoms with Crippen molar-refractivity contribution < 1.29 is 13.5 Å². The molecule has 0 aromatic heterocycles. The third kappa shape index (κ3) is 3.55. The summed E-state index contributed by atoms with van der Waals surface area (Å²) in [5.74, 6) is 0.818. The molecule has 0 aromatic carbocycles. The van der Waals surface area contributed by atoms with Crippen molar-refractivity contribution in [1.82, 2.24) is 0 Å². The Kier molecular flexibility index (Phi) is 3.77. The molecular formula is C13H15F2NO. The number of allylic oxidation sites excluding steroid dienone is 2. The van der Waals surface area contributed by atoms with Gasteiger partial charge in [0.05, 0.1) is 0 Å². The fourth-order valence-corrected chi connectivity index (χ4v) is 1.67. The molecule has 0 spiro atoms. The minimum Gasteiger partial charge on any atom is -0.480 e. The Balaban J connectivity index is 2.12. The summed E-state index contributed by atoms with van der Waals surface area (Å²) >= 11 is 0. The number of halogens is 2. The predicted octanol–water partition coefficient (Wildman–Crippen LogP) is 2.54. The molecule has 2 N–H and O–H groups in total. The quantitative estimate of drug-likeness (QED) is 0.748. The second kappa shape index (κ2) is 5.30. The lowest BCUT2D eigenvalue weighted by Crippen LogP contribution is -2.23. The topological polar surface area (TPSA) is 35.2 Å². The Hall–Kier alpha value is -1.38. The molecule has 0 amide bonds. The molecule has 2 nitrogen and oxygen atoms in total. The second-order valence-corrected chi connectivity index (χ2v) is 4.23. The Morgan fingerprint density at radius 2 is 2.06 bits per heavy atom. The number of alkyl halides is 2. The molecule has 0 saturated heterocycles. The van der Waals surface area contributed by atoms with Crippen LogP contribution in [0.3, 0.4) is 0 Å². The van der Waals surface area contributed by atoms with Crippen LogP contribution in [0.4, 0.5) is 8.78 Å². The van der Waals surface area contributed by atoms with E-state index in [1.807, 2.05) is 12.2 Å². The molecule has 1 unspecified atom stereocenters. The summed E-state index contributed by atoms with van der Waals surface area (Å²) in [6.07, 6.45) is 6.81. The molecule has 0 aromatic rings. The number of ether oxygens (including phenoxy) is 1. The van der Waals surface area contributed by atoms with Crippen LogP contribution >= 0.6 is 0 Å². The van der Waals surface area contributed by atoms with Crippen LogP contribution in [0.5, 0.6) is 0 Å². The first-order chi connectivity index (χ1) is 8.16. The van der Waals surface area contributed by atoms with Crippen LogP contribution in [0.2, 0.25) is 0 Å². The molecule has 0 aliphatic heterocycles. The van der Waals surface area contributed by atoms with Crippen LogP contribution in [-0.2, 0) is 4.74 Å². The van der Waals surface area contributed by atoms with Gasteiger partial charge in [-0.25, -0.2) is 8.78 Å². The molecule has 0 bridgehead atoms. The van der Waals surface area contributed by atoms with Gasteiger partial charge in [-0.15, -0.1) is 0 Å². The average molecular weight is 239 g/mol. The van der Waals surface area contributed by atoms with E-state index in [2.05, 4.69) is 5.73 Å². The van der Waals surface area contributed by atoms with Gasteiger partial charge in [0, 0.05) is 11.6 Å². The maximum atomic E-state index is 12.0. The van der Waals surface area contributed by atoms with Gasteiger partial charge >= 0.3 is 0 Å². The molecular weight excluding hydrogens is 224 g/mol. The highest BCUT2D eigenvalue weighted by molar-refractivity contribution is 5.34. The number of hydrogen-bond donors (Lipinski definition) is 1. The normalized spacial score (nSPS) is 20.9. The summed E-state index contributed by atoms with van der Waals surface area (Å²) in [4.78, 5) is 0. The summed E-state index contributed by atoms with van der Waals surface area (Å²) in [5.41, 5.74) is 9.84. The summed E-state index contributed by atoms with van der Waals surface area (Å²) < 4.78 is 29.1. The van der Waals surface area contributed by atoms with Crippen molar-refractivity contribution >= 4 is 0 Å². The van der Waals surface area contributed by atoms with Crippen LogP contribution in [-0.4, -0.2) is 19.1 Å². The zero-order chi connectivity index (χ0) is 12.3. The molecule has 0 heterocycles. The van der Waals surface area contributed by atoms with E-state index in [0.717, 1.165) is 18.4 Å². The second-order valence-electron chi connectivity index (χ2n) is 4.23. The van der Waals surface area contributed by atoms with Crippen LogP contribution in [0.25, 0.3) is 0 Å². The number of hydrogen-bond acceptors (Lipinski definition) is 2. The van der Waals surface area contributed by atoms with Gasteiger partial charge in [0.25, 0.3) is 6.43 Å². The largest absolute Gasteiger partial charge is 0.480 e. The Morgan fingerprint density at radius 3 is 2.71 bits per heavy atom. The smallest absolute Gasteiger partial charge is 0.272 e. The van der Waals surface area contributed by atoms with Crippen molar-refractivity contribution in [3.05, 3.63) is 41.4 Å². The molecule has 1 atom stereocenters. The molecule has 92 valence electrons. The Bertz CT molecular complexity index is 402. The zero-order valence-electron chi connectivity index (χ0n) is 9.40. The third-order valence-corrected chi connectivity index (χ3v) is 2.76. The Morgan fingerprint density at radius 1 is 1.35 bits per heavy atom. The molecule has 1 fully saturated rings. The molecule has 4 heteroatoms. The number of nitrogens with two attached hydrogens (primary N) is 1. The summed E-state index contributed by atoms with van der Waals surface area (Å²) in [5, 5.41) is 0. The van der Waals surface area contributed by atoms with Crippen molar-refractivity contribution in [3.63, 3.8) is 0 Å². The SMILES string of the molecule is NC(C1=C=C(OCC(F)F)C=CC=C1)C1CC1. The molecule has 2 rings (SSSR count). The van der Waals surface area contributed by atoms with Crippen molar-refractivity contribution in [2.24, 2.45) is 11.7 Å². The van der Waals surface area contributed by atoms with Gasteiger partial charge in [0.2, 0.25) is 0 Å². The van der Waals surface area contributed by atoms with Gasteiger partial charge in [-0.2, -0.15) is 0 Å². The van der Waals surface area contributed by atoms with Crippen molar-refractivity contribution in [3.8, 4) is 0 Å². The lowest BCUT2D eigenvalue weighted by atomic mass is 10.0. The minimum absolute atomic E-state index is 0.0729. The highest BCUT2D eigenvalue weighted by atomic mass is 19.3. The maximum Gasteiger partial charge on any atom is 0.272 e. The maximum absolute atomic E-state index is 12.0. The van der Waals surface area contributed by atoms with Crippen molar-refractivity contribution in [2.75, 3.05) is 6.61 Å². The molecule has 1 saturated carbocycles. The van der Waals surface area contributed by atoms with E-state index < -0.39 is 13.0 Å². The molecule has 2 aliphatic carbocycles. The van der Waals surface area contributed by atoms with Gasteiger partial charge < -0.3 is 10.5 Å². The fourth-order valence-electron chi connectivity index (χ4n) is 1.67. The lowest BCUT2D eigenvalue weighted by molar-refractivity contribution is 0.0527. The van der Waals surface area contributed by atoms with Crippen LogP contribution < -0.4 is 5.73 Å². The van der Waals surface area contributed by atoms with Crippen LogP contribution in [0, 0.1) is 5.92 Å². The van der Waals surface area contributed by atoms with E-state index in [4.69, 9.17) is 10.5 Å². The van der Waals surface area contributed by atoms with E-state index >= 15 is 0 Å². The van der Waals surface area contributed by atoms with E-state index in [9.17, 15) is 8.78 Å². The third-order valence-electron chi connectivity index (χ3n) is 2.76. The molecule has 2 aliphatic rings. The van der Waals surface area contributed by atoms with Crippen LogP contribution in [0.15, 0.2) is 41.4 Å².